The first-order chi connectivity index (χ1) is 14.4. The van der Waals surface area contributed by atoms with Crippen LogP contribution in [-0.2, 0) is 17.5 Å². The summed E-state index contributed by atoms with van der Waals surface area (Å²) in [6, 6.07) is 7.18. The van der Waals surface area contributed by atoms with E-state index in [9.17, 15) is 18.0 Å². The molecule has 30 heavy (non-hydrogen) atoms. The van der Waals surface area contributed by atoms with Crippen molar-refractivity contribution in [2.45, 2.75) is 25.6 Å². The van der Waals surface area contributed by atoms with Gasteiger partial charge in [0.1, 0.15) is 5.52 Å². The topological polar surface area (TPSA) is 71.0 Å². The van der Waals surface area contributed by atoms with Crippen LogP contribution in [0.1, 0.15) is 24.0 Å². The van der Waals surface area contributed by atoms with E-state index in [1.54, 1.807) is 18.6 Å². The number of halogens is 3. The van der Waals surface area contributed by atoms with Crippen LogP contribution in [-0.4, -0.2) is 33.9 Å². The van der Waals surface area contributed by atoms with E-state index in [1.165, 1.54) is 18.2 Å². The molecule has 1 aliphatic heterocycles. The molecule has 0 saturated carbocycles. The highest BCUT2D eigenvalue weighted by Crippen LogP contribution is 2.32. The Kier molecular flexibility index (Phi) is 5.52. The summed E-state index contributed by atoms with van der Waals surface area (Å²) in [5.74, 6) is -0.556. The van der Waals surface area contributed by atoms with Gasteiger partial charge >= 0.3 is 6.18 Å². The molecule has 1 atom stereocenters. The van der Waals surface area contributed by atoms with Gasteiger partial charge in [-0.05, 0) is 30.5 Å². The van der Waals surface area contributed by atoms with E-state index < -0.39 is 11.7 Å². The largest absolute Gasteiger partial charge is 0.416 e. The molecular weight excluding hydrogens is 395 g/mol. The van der Waals surface area contributed by atoms with E-state index in [0.29, 0.717) is 24.1 Å². The molecule has 9 heteroatoms. The minimum Gasteiger partial charge on any atom is -0.369 e. The number of nitrogens with zero attached hydrogens (tertiary/aromatic N) is 4. The predicted octanol–water partition coefficient (Wildman–Crippen LogP) is 3.58. The number of alkyl halides is 3. The minimum absolute atomic E-state index is 0.0586. The molecule has 1 N–H and O–H groups in total. The van der Waals surface area contributed by atoms with Gasteiger partial charge < -0.3 is 10.2 Å². The molecule has 0 radical (unpaired) electrons. The first kappa shape index (κ1) is 20.1. The summed E-state index contributed by atoms with van der Waals surface area (Å²) in [6.45, 7) is 1.09. The first-order valence-corrected chi connectivity index (χ1v) is 9.66. The van der Waals surface area contributed by atoms with Crippen molar-refractivity contribution >= 4 is 22.8 Å². The SMILES string of the molecule is O=C(NCc1ccccc1C(F)(F)F)[C@H]1CCCN(c2cnc3nccnc3c2)C1. The lowest BCUT2D eigenvalue weighted by Crippen LogP contribution is -2.43. The number of aromatic nitrogens is 3. The fourth-order valence-electron chi connectivity index (χ4n) is 3.72. The highest BCUT2D eigenvalue weighted by molar-refractivity contribution is 5.80. The summed E-state index contributed by atoms with van der Waals surface area (Å²) >= 11 is 0. The number of carbonyl (C=O) groups is 1. The molecule has 0 spiro atoms. The standard InChI is InChI=1S/C21H20F3N5O/c22-21(23,24)17-6-2-1-4-14(17)11-28-20(30)15-5-3-9-29(13-15)16-10-18-19(27-12-16)26-8-7-25-18/h1-2,4,6-8,10,12,15H,3,5,9,11,13H2,(H,28,30)/t15-/m0/s1. The molecule has 1 aromatic carbocycles. The first-order valence-electron chi connectivity index (χ1n) is 9.66. The fraction of sp³-hybridized carbons (Fsp3) is 0.333. The molecule has 0 aliphatic carbocycles. The normalized spacial score (nSPS) is 17.2. The second-order valence-electron chi connectivity index (χ2n) is 7.25. The van der Waals surface area contributed by atoms with Crippen LogP contribution in [0.3, 0.4) is 0 Å². The number of benzene rings is 1. The Balaban J connectivity index is 1.43. The van der Waals surface area contributed by atoms with Crippen LogP contribution < -0.4 is 10.2 Å². The van der Waals surface area contributed by atoms with Crippen LogP contribution >= 0.6 is 0 Å². The summed E-state index contributed by atoms with van der Waals surface area (Å²) in [4.78, 5) is 27.4. The lowest BCUT2D eigenvalue weighted by Gasteiger charge is -2.33. The number of fused-ring (bicyclic) bond motifs is 1. The van der Waals surface area contributed by atoms with Crippen molar-refractivity contribution in [3.8, 4) is 0 Å². The molecular formula is C21H20F3N5O. The zero-order valence-corrected chi connectivity index (χ0v) is 16.1. The smallest absolute Gasteiger partial charge is 0.369 e. The summed E-state index contributed by atoms with van der Waals surface area (Å²) in [7, 11) is 0. The van der Waals surface area contributed by atoms with Crippen molar-refractivity contribution in [1.29, 1.82) is 0 Å². The minimum atomic E-state index is -4.45. The van der Waals surface area contributed by atoms with Gasteiger partial charge in [-0.25, -0.2) is 9.97 Å². The zero-order chi connectivity index (χ0) is 21.1. The summed E-state index contributed by atoms with van der Waals surface area (Å²) in [5.41, 5.74) is 1.41. The molecule has 1 aliphatic rings. The predicted molar refractivity (Wildman–Crippen MR) is 106 cm³/mol. The number of amides is 1. The van der Waals surface area contributed by atoms with Crippen LogP contribution in [0, 0.1) is 5.92 Å². The number of hydrogen-bond donors (Lipinski definition) is 1. The van der Waals surface area contributed by atoms with E-state index in [2.05, 4.69) is 25.2 Å². The van der Waals surface area contributed by atoms with E-state index in [0.717, 1.165) is 24.7 Å². The number of rotatable bonds is 4. The van der Waals surface area contributed by atoms with E-state index in [1.807, 2.05) is 6.07 Å². The van der Waals surface area contributed by atoms with Gasteiger partial charge in [-0.2, -0.15) is 13.2 Å². The Bertz CT molecular complexity index is 1060. The quantitative estimate of drug-likeness (QED) is 0.705. The maximum absolute atomic E-state index is 13.1. The maximum Gasteiger partial charge on any atom is 0.416 e. The second-order valence-corrected chi connectivity index (χ2v) is 7.25. The molecule has 4 rings (SSSR count). The Morgan fingerprint density at radius 3 is 2.80 bits per heavy atom. The number of carbonyl (C=O) groups excluding carboxylic acids is 1. The van der Waals surface area contributed by atoms with Crippen LogP contribution in [0.5, 0.6) is 0 Å². The van der Waals surface area contributed by atoms with Gasteiger partial charge in [-0.1, -0.05) is 18.2 Å². The summed E-state index contributed by atoms with van der Waals surface area (Å²) in [6.07, 6.45) is 1.91. The van der Waals surface area contributed by atoms with Crippen LogP contribution in [0.15, 0.2) is 48.9 Å². The number of pyridine rings is 1. The third kappa shape index (κ3) is 4.34. The highest BCUT2D eigenvalue weighted by Gasteiger charge is 2.33. The van der Waals surface area contributed by atoms with Gasteiger partial charge in [0, 0.05) is 32.0 Å². The highest BCUT2D eigenvalue weighted by atomic mass is 19.4. The van der Waals surface area contributed by atoms with Gasteiger partial charge in [0.05, 0.1) is 23.4 Å². The van der Waals surface area contributed by atoms with Gasteiger partial charge in [-0.15, -0.1) is 0 Å². The van der Waals surface area contributed by atoms with Crippen LogP contribution in [0.25, 0.3) is 11.2 Å². The average molecular weight is 415 g/mol. The van der Waals surface area contributed by atoms with Crippen LogP contribution in [0.4, 0.5) is 18.9 Å². The molecule has 6 nitrogen and oxygen atoms in total. The number of piperidine rings is 1. The molecule has 1 fully saturated rings. The average Bonchev–Trinajstić information content (AvgIpc) is 2.77. The third-order valence-corrected chi connectivity index (χ3v) is 5.24. The molecule has 1 amide bonds. The lowest BCUT2D eigenvalue weighted by atomic mass is 9.96. The fourth-order valence-corrected chi connectivity index (χ4v) is 3.72. The Labute approximate surface area is 171 Å². The van der Waals surface area contributed by atoms with Gasteiger partial charge in [-0.3, -0.25) is 9.78 Å². The van der Waals surface area contributed by atoms with Crippen molar-refractivity contribution in [2.24, 2.45) is 5.92 Å². The van der Waals surface area contributed by atoms with E-state index >= 15 is 0 Å². The molecule has 3 heterocycles. The van der Waals surface area contributed by atoms with E-state index in [-0.39, 0.29) is 23.9 Å². The monoisotopic (exact) mass is 415 g/mol. The lowest BCUT2D eigenvalue weighted by molar-refractivity contribution is -0.138. The van der Waals surface area contributed by atoms with Crippen molar-refractivity contribution in [3.63, 3.8) is 0 Å². The second kappa shape index (κ2) is 8.25. The van der Waals surface area contributed by atoms with Gasteiger partial charge in [0.25, 0.3) is 0 Å². The van der Waals surface area contributed by atoms with E-state index in [4.69, 9.17) is 0 Å². The molecule has 0 unspecified atom stereocenters. The summed E-state index contributed by atoms with van der Waals surface area (Å²) < 4.78 is 39.4. The summed E-state index contributed by atoms with van der Waals surface area (Å²) in [5, 5.41) is 2.68. The van der Waals surface area contributed by atoms with Crippen molar-refractivity contribution in [3.05, 3.63) is 60.0 Å². The molecule has 1 saturated heterocycles. The number of nitrogens with one attached hydrogen (secondary N) is 1. The Morgan fingerprint density at radius 1 is 1.17 bits per heavy atom. The van der Waals surface area contributed by atoms with Crippen molar-refractivity contribution < 1.29 is 18.0 Å². The zero-order valence-electron chi connectivity index (χ0n) is 16.1. The third-order valence-electron chi connectivity index (χ3n) is 5.24. The number of hydrogen-bond acceptors (Lipinski definition) is 5. The molecule has 3 aromatic rings. The molecule has 156 valence electrons. The molecule has 2 aromatic heterocycles. The van der Waals surface area contributed by atoms with Crippen molar-refractivity contribution in [1.82, 2.24) is 20.3 Å². The van der Waals surface area contributed by atoms with Crippen molar-refractivity contribution in [2.75, 3.05) is 18.0 Å². The van der Waals surface area contributed by atoms with Crippen LogP contribution in [0.2, 0.25) is 0 Å². The Hall–Kier alpha value is -3.23. The Morgan fingerprint density at radius 2 is 1.97 bits per heavy atom. The number of anilines is 1. The van der Waals surface area contributed by atoms with Gasteiger partial charge in [0.2, 0.25) is 5.91 Å². The van der Waals surface area contributed by atoms with Gasteiger partial charge in [0.15, 0.2) is 5.65 Å². The maximum atomic E-state index is 13.1. The molecule has 0 bridgehead atoms.